The van der Waals surface area contributed by atoms with Gasteiger partial charge in [-0.05, 0) is 6.42 Å². The summed E-state index contributed by atoms with van der Waals surface area (Å²) in [4.78, 5) is 9.94. The highest BCUT2D eigenvalue weighted by Crippen LogP contribution is 2.13. The number of hydrogen-bond donors (Lipinski definition) is 1. The third-order valence-electron chi connectivity index (χ3n) is 1.82. The largest absolute Gasteiger partial charge is 0.500 e. The summed E-state index contributed by atoms with van der Waals surface area (Å²) in [6.45, 7) is 0.619. The van der Waals surface area contributed by atoms with Gasteiger partial charge < -0.3 is 18.6 Å². The first kappa shape index (κ1) is 12.6. The summed E-state index contributed by atoms with van der Waals surface area (Å²) in [7, 11) is 2.30. The van der Waals surface area contributed by atoms with Gasteiger partial charge in [-0.3, -0.25) is 4.79 Å². The predicted molar refractivity (Wildman–Crippen MR) is 50.3 cm³/mol. The molecule has 6 heteroatoms. The van der Waals surface area contributed by atoms with Gasteiger partial charge in [-0.1, -0.05) is 0 Å². The number of carbonyl (C=O) groups is 1. The Hall–Kier alpha value is -0.433. The summed E-state index contributed by atoms with van der Waals surface area (Å²) in [5, 5.41) is 2.57. The van der Waals surface area contributed by atoms with E-state index in [1.54, 1.807) is 21.3 Å². The number of rotatable bonds is 8. The van der Waals surface area contributed by atoms with E-state index in [0.717, 1.165) is 6.42 Å². The van der Waals surface area contributed by atoms with Gasteiger partial charge in [0.2, 0.25) is 6.41 Å². The molecule has 0 bridgehead atoms. The van der Waals surface area contributed by atoms with Gasteiger partial charge in [0.05, 0.1) is 0 Å². The Morgan fingerprint density at radius 1 is 1.23 bits per heavy atom. The van der Waals surface area contributed by atoms with Crippen LogP contribution in [0.1, 0.15) is 6.42 Å². The fourth-order valence-corrected chi connectivity index (χ4v) is 2.74. The van der Waals surface area contributed by atoms with E-state index in [0.29, 0.717) is 19.0 Å². The quantitative estimate of drug-likeness (QED) is 0.346. The molecule has 0 atom stereocenters. The lowest BCUT2D eigenvalue weighted by atomic mass is 10.5. The van der Waals surface area contributed by atoms with Crippen molar-refractivity contribution in [3.63, 3.8) is 0 Å². The van der Waals surface area contributed by atoms with Gasteiger partial charge in [0.25, 0.3) is 0 Å². The van der Waals surface area contributed by atoms with Crippen LogP contribution in [0.5, 0.6) is 0 Å². The van der Waals surface area contributed by atoms with Crippen molar-refractivity contribution >= 4 is 15.2 Å². The lowest BCUT2D eigenvalue weighted by Gasteiger charge is -2.23. The Balaban J connectivity index is 3.74. The van der Waals surface area contributed by atoms with Crippen molar-refractivity contribution in [3.05, 3.63) is 0 Å². The predicted octanol–water partition coefficient (Wildman–Crippen LogP) is 0.000600. The first-order chi connectivity index (χ1) is 6.24. The van der Waals surface area contributed by atoms with Gasteiger partial charge in [-0.2, -0.15) is 0 Å². The average molecular weight is 207 g/mol. The molecule has 0 aliphatic heterocycles. The monoisotopic (exact) mass is 207 g/mol. The summed E-state index contributed by atoms with van der Waals surface area (Å²) in [5.74, 6) is 0. The molecule has 78 valence electrons. The van der Waals surface area contributed by atoms with Gasteiger partial charge in [0.15, 0.2) is 0 Å². The molecule has 1 amide bonds. The second-order valence-corrected chi connectivity index (χ2v) is 5.56. The second kappa shape index (κ2) is 7.02. The first-order valence-corrected chi connectivity index (χ1v) is 6.00. The van der Waals surface area contributed by atoms with E-state index in [-0.39, 0.29) is 0 Å². The number of hydrogen-bond acceptors (Lipinski definition) is 4. The highest BCUT2D eigenvalue weighted by molar-refractivity contribution is 6.60. The molecule has 0 rings (SSSR count). The van der Waals surface area contributed by atoms with Crippen LogP contribution in [0.2, 0.25) is 6.04 Å². The maximum absolute atomic E-state index is 9.94. The van der Waals surface area contributed by atoms with Crippen molar-refractivity contribution in [2.24, 2.45) is 0 Å². The first-order valence-electron chi connectivity index (χ1n) is 4.07. The molecule has 13 heavy (non-hydrogen) atoms. The summed E-state index contributed by atoms with van der Waals surface area (Å²) in [6.07, 6.45) is 1.47. The highest BCUT2D eigenvalue weighted by Gasteiger charge is 2.36. The van der Waals surface area contributed by atoms with Crippen LogP contribution in [-0.2, 0) is 18.1 Å². The van der Waals surface area contributed by atoms with Crippen molar-refractivity contribution in [2.75, 3.05) is 27.9 Å². The van der Waals surface area contributed by atoms with Crippen molar-refractivity contribution in [1.29, 1.82) is 0 Å². The molecule has 0 aliphatic carbocycles. The average Bonchev–Trinajstić information content (AvgIpc) is 2.20. The van der Waals surface area contributed by atoms with E-state index in [1.807, 2.05) is 0 Å². The molecule has 0 heterocycles. The van der Waals surface area contributed by atoms with Gasteiger partial charge in [0.1, 0.15) is 0 Å². The molecular formula is C7H17NO4Si. The Kier molecular flexibility index (Phi) is 6.78. The molecule has 0 unspecified atom stereocenters. The minimum atomic E-state index is -2.42. The molecular weight excluding hydrogens is 190 g/mol. The summed E-state index contributed by atoms with van der Waals surface area (Å²) in [6, 6.07) is 0.706. The van der Waals surface area contributed by atoms with Crippen molar-refractivity contribution < 1.29 is 18.1 Å². The van der Waals surface area contributed by atoms with Crippen LogP contribution in [0.25, 0.3) is 0 Å². The minimum Gasteiger partial charge on any atom is -0.377 e. The van der Waals surface area contributed by atoms with E-state index in [4.69, 9.17) is 13.3 Å². The standard InChI is InChI=1S/C7H17NO4Si/c1-10-13(11-2,12-3)6-4-5-8-7-9/h7H,4-6H2,1-3H3,(H,8,9). The third-order valence-corrected chi connectivity index (χ3v) is 4.65. The van der Waals surface area contributed by atoms with E-state index in [1.165, 1.54) is 0 Å². The van der Waals surface area contributed by atoms with Crippen molar-refractivity contribution in [3.8, 4) is 0 Å². The molecule has 0 radical (unpaired) electrons. The van der Waals surface area contributed by atoms with Gasteiger partial charge in [-0.25, -0.2) is 0 Å². The Bertz CT molecular complexity index is 132. The fourth-order valence-electron chi connectivity index (χ4n) is 1.02. The molecule has 0 aromatic heterocycles. The van der Waals surface area contributed by atoms with Gasteiger partial charge in [0, 0.05) is 33.9 Å². The third kappa shape index (κ3) is 4.37. The molecule has 0 saturated heterocycles. The molecule has 0 saturated carbocycles. The smallest absolute Gasteiger partial charge is 0.377 e. The lowest BCUT2D eigenvalue weighted by Crippen LogP contribution is -2.43. The normalized spacial score (nSPS) is 11.3. The zero-order valence-electron chi connectivity index (χ0n) is 8.33. The van der Waals surface area contributed by atoms with Crippen LogP contribution in [0.3, 0.4) is 0 Å². The topological polar surface area (TPSA) is 56.8 Å². The molecule has 0 fully saturated rings. The zero-order chi connectivity index (χ0) is 10.2. The highest BCUT2D eigenvalue weighted by atomic mass is 28.4. The summed E-state index contributed by atoms with van der Waals surface area (Å²) in [5.41, 5.74) is 0. The van der Waals surface area contributed by atoms with Crippen LogP contribution < -0.4 is 5.32 Å². The van der Waals surface area contributed by atoms with E-state index < -0.39 is 8.80 Å². The zero-order valence-corrected chi connectivity index (χ0v) is 9.33. The Morgan fingerprint density at radius 2 is 1.77 bits per heavy atom. The Labute approximate surface area is 79.7 Å². The van der Waals surface area contributed by atoms with Crippen LogP contribution in [0, 0.1) is 0 Å². The number of carbonyl (C=O) groups excluding carboxylic acids is 1. The van der Waals surface area contributed by atoms with Crippen molar-refractivity contribution in [1.82, 2.24) is 5.32 Å². The maximum Gasteiger partial charge on any atom is 0.500 e. The van der Waals surface area contributed by atoms with Crippen LogP contribution in [0.15, 0.2) is 0 Å². The number of amides is 1. The van der Waals surface area contributed by atoms with Crippen LogP contribution in [0.4, 0.5) is 0 Å². The molecule has 5 nitrogen and oxygen atoms in total. The lowest BCUT2D eigenvalue weighted by molar-refractivity contribution is -0.109. The fraction of sp³-hybridized carbons (Fsp3) is 0.857. The maximum atomic E-state index is 9.94. The summed E-state index contributed by atoms with van der Waals surface area (Å²) >= 11 is 0. The SMILES string of the molecule is CO[Si](CCCNC=O)(OC)OC. The second-order valence-electron chi connectivity index (χ2n) is 2.47. The molecule has 1 N–H and O–H groups in total. The van der Waals surface area contributed by atoms with Gasteiger partial charge >= 0.3 is 8.80 Å². The van der Waals surface area contributed by atoms with Crippen molar-refractivity contribution in [2.45, 2.75) is 12.5 Å². The minimum absolute atomic E-state index is 0.619. The molecule has 0 aliphatic rings. The van der Waals surface area contributed by atoms with E-state index in [2.05, 4.69) is 5.32 Å². The van der Waals surface area contributed by atoms with E-state index >= 15 is 0 Å². The van der Waals surface area contributed by atoms with Crippen LogP contribution in [-0.4, -0.2) is 43.1 Å². The number of nitrogens with one attached hydrogen (secondary N) is 1. The van der Waals surface area contributed by atoms with E-state index in [9.17, 15) is 4.79 Å². The van der Waals surface area contributed by atoms with Gasteiger partial charge in [-0.15, -0.1) is 0 Å². The molecule has 0 spiro atoms. The molecule has 0 aromatic carbocycles. The Morgan fingerprint density at radius 3 is 2.15 bits per heavy atom. The summed E-state index contributed by atoms with van der Waals surface area (Å²) < 4.78 is 15.6. The van der Waals surface area contributed by atoms with Crippen LogP contribution >= 0.6 is 0 Å². The molecule has 0 aromatic rings.